The summed E-state index contributed by atoms with van der Waals surface area (Å²) < 4.78 is 20.4. The number of nitrogens with zero attached hydrogens (tertiary/aromatic N) is 5. The summed E-state index contributed by atoms with van der Waals surface area (Å²) in [5.74, 6) is 2.52. The largest absolute Gasteiger partial charge is 0.421 e. The third kappa shape index (κ3) is 3.06. The van der Waals surface area contributed by atoms with E-state index in [0.717, 1.165) is 41.3 Å². The molecule has 2 fully saturated rings. The number of rotatable bonds is 5. The van der Waals surface area contributed by atoms with E-state index >= 15 is 0 Å². The number of hydrogen-bond acceptors (Lipinski definition) is 9. The monoisotopic (exact) mass is 434 g/mol. The molecule has 9 nitrogen and oxygen atoms in total. The molecule has 0 spiro atoms. The highest BCUT2D eigenvalue weighted by Gasteiger charge is 2.54. The van der Waals surface area contributed by atoms with Crippen molar-refractivity contribution in [3.63, 3.8) is 0 Å². The summed E-state index contributed by atoms with van der Waals surface area (Å²) in [4.78, 5) is 20.0. The van der Waals surface area contributed by atoms with E-state index in [-0.39, 0.29) is 17.9 Å². The lowest BCUT2D eigenvalue weighted by atomic mass is 10.0. The fraction of sp³-hybridized carbons (Fsp3) is 0.364. The molecule has 0 radical (unpaired) electrons. The van der Waals surface area contributed by atoms with Gasteiger partial charge in [0.2, 0.25) is 0 Å². The molecule has 1 saturated heterocycles. The molecule has 0 amide bonds. The van der Waals surface area contributed by atoms with Crippen molar-refractivity contribution in [2.75, 3.05) is 30.5 Å². The van der Waals surface area contributed by atoms with Crippen molar-refractivity contribution >= 4 is 11.5 Å². The number of fused-ring (bicyclic) bond motifs is 4. The smallest absolute Gasteiger partial charge is 0.324 e. The highest BCUT2D eigenvalue weighted by molar-refractivity contribution is 5.88. The lowest BCUT2D eigenvalue weighted by Crippen LogP contribution is -2.29. The quantitative estimate of drug-likeness (QED) is 0.406. The maximum Gasteiger partial charge on any atom is 0.324 e. The van der Waals surface area contributed by atoms with Gasteiger partial charge in [-0.3, -0.25) is 0 Å². The van der Waals surface area contributed by atoms with Crippen LogP contribution in [0, 0.1) is 24.6 Å². The molecule has 3 aromatic rings. The Kier molecular flexibility index (Phi) is 4.27. The number of aryl methyl sites for hydroxylation is 1. The molecule has 2 atom stereocenters. The average Bonchev–Trinajstić information content (AvgIpc) is 3.11. The molecular formula is C22H23FN8O. The fourth-order valence-electron chi connectivity index (χ4n) is 4.90. The maximum absolute atomic E-state index is 14.5. The molecule has 0 bridgehead atoms. The molecule has 10 heteroatoms. The highest BCUT2D eigenvalue weighted by Crippen LogP contribution is 2.50. The van der Waals surface area contributed by atoms with Gasteiger partial charge in [0.1, 0.15) is 17.5 Å². The minimum Gasteiger partial charge on any atom is -0.421 e. The van der Waals surface area contributed by atoms with Gasteiger partial charge in [-0.1, -0.05) is 0 Å². The van der Waals surface area contributed by atoms with Crippen molar-refractivity contribution in [2.45, 2.75) is 19.4 Å². The third-order valence-corrected chi connectivity index (χ3v) is 6.56. The Morgan fingerprint density at radius 3 is 2.62 bits per heavy atom. The summed E-state index contributed by atoms with van der Waals surface area (Å²) in [7, 11) is 1.75. The van der Waals surface area contributed by atoms with Crippen LogP contribution in [-0.4, -0.2) is 46.1 Å². The normalized spacial score (nSPS) is 22.4. The van der Waals surface area contributed by atoms with Crippen molar-refractivity contribution in [1.82, 2.24) is 25.4 Å². The molecule has 1 aliphatic heterocycles. The number of nitrogens with one attached hydrogen (secondary N) is 2. The van der Waals surface area contributed by atoms with E-state index < -0.39 is 0 Å². The van der Waals surface area contributed by atoms with Gasteiger partial charge < -0.3 is 20.8 Å². The molecule has 2 unspecified atom stereocenters. The van der Waals surface area contributed by atoms with Crippen LogP contribution in [-0.2, 0) is 6.42 Å². The molecule has 2 aliphatic carbocycles. The van der Waals surface area contributed by atoms with E-state index in [1.807, 2.05) is 6.92 Å². The zero-order chi connectivity index (χ0) is 22.0. The van der Waals surface area contributed by atoms with Gasteiger partial charge in [-0.2, -0.15) is 9.97 Å². The zero-order valence-corrected chi connectivity index (χ0v) is 17.8. The summed E-state index contributed by atoms with van der Waals surface area (Å²) >= 11 is 0. The Morgan fingerprint density at radius 1 is 1.16 bits per heavy atom. The summed E-state index contributed by atoms with van der Waals surface area (Å²) in [5.41, 5.74) is 16.2. The van der Waals surface area contributed by atoms with Crippen molar-refractivity contribution in [3.8, 4) is 22.9 Å². The van der Waals surface area contributed by atoms with Crippen LogP contribution in [0.5, 0.6) is 11.8 Å². The van der Waals surface area contributed by atoms with E-state index in [1.54, 1.807) is 25.5 Å². The first kappa shape index (κ1) is 19.3. The number of hydrazine groups is 1. The molecule has 6 rings (SSSR count). The van der Waals surface area contributed by atoms with Gasteiger partial charge in [0, 0.05) is 38.2 Å². The molecule has 1 saturated carbocycles. The standard InChI is InChI=1S/C22H23FN8O/c1-10-26-6-12(7-27-10)32-22-28-18-5-13-14(3-11(23)4-17(13)30-25-2)19(18)21(29-22)31-8-15-16(9-31)20(15)24/h3-4,6-7,15-16,20,25,30H,5,8-9,24H2,1-2H3. The number of piperidine rings is 1. The number of anilines is 2. The van der Waals surface area contributed by atoms with Gasteiger partial charge in [0.05, 0.1) is 23.8 Å². The molecule has 4 N–H and O–H groups in total. The second kappa shape index (κ2) is 7.07. The van der Waals surface area contributed by atoms with Gasteiger partial charge >= 0.3 is 6.01 Å². The van der Waals surface area contributed by atoms with Crippen LogP contribution in [0.15, 0.2) is 24.5 Å². The first-order chi connectivity index (χ1) is 15.5. The van der Waals surface area contributed by atoms with Crippen LogP contribution in [0.25, 0.3) is 11.1 Å². The SMILES string of the molecule is CNNc1cc(F)cc2c1Cc1nc(Oc3cnc(C)nc3)nc(N3CC4C(N)C4C3)c1-2. The predicted molar refractivity (Wildman–Crippen MR) is 117 cm³/mol. The van der Waals surface area contributed by atoms with E-state index in [1.165, 1.54) is 6.07 Å². The number of ether oxygens (including phenoxy) is 1. The summed E-state index contributed by atoms with van der Waals surface area (Å²) in [6.45, 7) is 3.47. The van der Waals surface area contributed by atoms with Crippen molar-refractivity contribution in [3.05, 3.63) is 47.4 Å². The molecule has 32 heavy (non-hydrogen) atoms. The first-order valence-corrected chi connectivity index (χ1v) is 10.7. The molecule has 1 aromatic carbocycles. The minimum absolute atomic E-state index is 0.229. The van der Waals surface area contributed by atoms with E-state index in [2.05, 4.69) is 30.7 Å². The number of hydrogen-bond donors (Lipinski definition) is 3. The number of halogens is 1. The lowest BCUT2D eigenvalue weighted by Gasteiger charge is -2.23. The lowest BCUT2D eigenvalue weighted by molar-refractivity contribution is 0.435. The average molecular weight is 434 g/mol. The molecule has 2 aromatic heterocycles. The molecule has 164 valence electrons. The van der Waals surface area contributed by atoms with Gasteiger partial charge in [0.25, 0.3) is 0 Å². The van der Waals surface area contributed by atoms with Crippen LogP contribution in [0.1, 0.15) is 17.1 Å². The molecule has 3 aliphatic rings. The number of aromatic nitrogens is 4. The Hall–Kier alpha value is -3.37. The van der Waals surface area contributed by atoms with Gasteiger partial charge in [-0.25, -0.2) is 19.8 Å². The molecular weight excluding hydrogens is 411 g/mol. The summed E-state index contributed by atoms with van der Waals surface area (Å²) in [6.07, 6.45) is 3.74. The van der Waals surface area contributed by atoms with Crippen molar-refractivity contribution in [2.24, 2.45) is 17.6 Å². The molecule has 3 heterocycles. The second-order valence-electron chi connectivity index (χ2n) is 8.56. The predicted octanol–water partition coefficient (Wildman–Crippen LogP) is 2.02. The van der Waals surface area contributed by atoms with Gasteiger partial charge in [0.15, 0.2) is 5.75 Å². The minimum atomic E-state index is -0.316. The van der Waals surface area contributed by atoms with E-state index in [0.29, 0.717) is 35.5 Å². The number of benzene rings is 1. The summed E-state index contributed by atoms with van der Waals surface area (Å²) in [6, 6.07) is 3.54. The topological polar surface area (TPSA) is 114 Å². The van der Waals surface area contributed by atoms with Crippen molar-refractivity contribution < 1.29 is 9.13 Å². The third-order valence-electron chi connectivity index (χ3n) is 6.56. The Morgan fingerprint density at radius 2 is 1.91 bits per heavy atom. The first-order valence-electron chi connectivity index (χ1n) is 10.7. The Bertz CT molecular complexity index is 1210. The summed E-state index contributed by atoms with van der Waals surface area (Å²) in [5, 5.41) is 0. The van der Waals surface area contributed by atoms with Crippen LogP contribution >= 0.6 is 0 Å². The van der Waals surface area contributed by atoms with Gasteiger partial charge in [-0.15, -0.1) is 0 Å². The van der Waals surface area contributed by atoms with Crippen LogP contribution in [0.2, 0.25) is 0 Å². The zero-order valence-electron chi connectivity index (χ0n) is 17.8. The van der Waals surface area contributed by atoms with Crippen LogP contribution < -0.4 is 26.2 Å². The second-order valence-corrected chi connectivity index (χ2v) is 8.56. The van der Waals surface area contributed by atoms with E-state index in [9.17, 15) is 4.39 Å². The van der Waals surface area contributed by atoms with Gasteiger partial charge in [-0.05, 0) is 42.0 Å². The number of nitrogens with two attached hydrogens (primary N) is 1. The highest BCUT2D eigenvalue weighted by atomic mass is 19.1. The van der Waals surface area contributed by atoms with Crippen molar-refractivity contribution in [1.29, 1.82) is 0 Å². The maximum atomic E-state index is 14.5. The fourth-order valence-corrected chi connectivity index (χ4v) is 4.90. The van der Waals surface area contributed by atoms with E-state index in [4.69, 9.17) is 15.5 Å². The van der Waals surface area contributed by atoms with Crippen LogP contribution in [0.4, 0.5) is 15.9 Å². The Balaban J connectivity index is 1.45. The van der Waals surface area contributed by atoms with Crippen LogP contribution in [0.3, 0.4) is 0 Å². The Labute approximate surface area is 184 Å².